The monoisotopic (exact) mass is 861 g/mol. The highest BCUT2D eigenvalue weighted by atomic mass is 32.2. The van der Waals surface area contributed by atoms with Crippen LogP contribution in [0.25, 0.3) is 0 Å². The Morgan fingerprint density at radius 1 is 0.897 bits per heavy atom. The summed E-state index contributed by atoms with van der Waals surface area (Å²) in [5, 5.41) is 27.9. The summed E-state index contributed by atoms with van der Waals surface area (Å²) < 4.78 is 0. The Morgan fingerprint density at radius 3 is 2.10 bits per heavy atom. The highest BCUT2D eigenvalue weighted by molar-refractivity contribution is 8.00. The minimum Gasteiger partial charge on any atom is -0.480 e. The van der Waals surface area contributed by atoms with Gasteiger partial charge in [0.05, 0.1) is 25.6 Å². The van der Waals surface area contributed by atoms with Gasteiger partial charge in [-0.3, -0.25) is 43.2 Å². The molecule has 0 aliphatic carbocycles. The molecule has 0 saturated carbocycles. The lowest BCUT2D eigenvalue weighted by Gasteiger charge is -2.25. The first-order valence-electron chi connectivity index (χ1n) is 18.7. The van der Waals surface area contributed by atoms with Crippen molar-refractivity contribution < 1.29 is 53.1 Å². The predicted octanol–water partition coefficient (Wildman–Crippen LogP) is -4.89. The van der Waals surface area contributed by atoms with Crippen LogP contribution in [0, 0.1) is 5.92 Å². The van der Waals surface area contributed by atoms with Crippen LogP contribution in [0.2, 0.25) is 0 Å². The minimum atomic E-state index is -1.79. The second-order valence-corrected chi connectivity index (χ2v) is 16.1. The maximum Gasteiger partial charge on any atom is 0.326 e. The Kier molecular flexibility index (Phi) is 24.0. The average molecular weight is 862 g/mol. The number of hydrogen-bond donors (Lipinski definition) is 12. The number of amides is 9. The quantitative estimate of drug-likeness (QED) is 0.0610. The van der Waals surface area contributed by atoms with Crippen molar-refractivity contribution in [3.63, 3.8) is 0 Å². The number of rotatable bonds is 17. The second-order valence-electron chi connectivity index (χ2n) is 13.9. The van der Waals surface area contributed by atoms with Gasteiger partial charge < -0.3 is 64.8 Å². The standard InChI is InChI=1S/C34H59N11O11S2/c1-17(2)11-21-31(52)43-20(8-10-57-4)30(51)39-15-27(48)42-23(32(53)45-22(34(55)56)12-25(37)46)16-58-24(13-38-29(50)19(36)7-5-6-9-35)33(54)40-14-26(47)41-18(3)28(49)44-21/h17-24H,5-16,35-36H2,1-4H3,(H2,37,46)(H,38,50)(H,39,51)(H,40,54)(H,41,47)(H,42,48)(H,43,52)(H,44,49)(H,45,53)(H,55,56)/t18-,19-,20-,21-,22-,23-,24-/m0/s1. The molecule has 1 aliphatic rings. The second kappa shape index (κ2) is 27.1. The zero-order valence-corrected chi connectivity index (χ0v) is 34.8. The lowest BCUT2D eigenvalue weighted by Crippen LogP contribution is -2.57. The fourth-order valence-electron chi connectivity index (χ4n) is 5.21. The van der Waals surface area contributed by atoms with Gasteiger partial charge in [-0.1, -0.05) is 20.3 Å². The Labute approximate surface area is 345 Å². The first-order valence-corrected chi connectivity index (χ1v) is 21.1. The van der Waals surface area contributed by atoms with E-state index in [4.69, 9.17) is 17.2 Å². The molecular formula is C34H59N11O11S2. The molecule has 328 valence electrons. The van der Waals surface area contributed by atoms with Crippen LogP contribution in [-0.4, -0.2) is 150 Å². The molecule has 0 radical (unpaired) electrons. The van der Waals surface area contributed by atoms with Crippen LogP contribution in [-0.2, 0) is 47.9 Å². The number of nitrogens with one attached hydrogen (secondary N) is 8. The summed E-state index contributed by atoms with van der Waals surface area (Å²) in [6.07, 6.45) is 2.75. The first-order chi connectivity index (χ1) is 27.3. The molecule has 0 spiro atoms. The van der Waals surface area contributed by atoms with Gasteiger partial charge in [-0.2, -0.15) is 11.8 Å². The maximum absolute atomic E-state index is 13.5. The first kappa shape index (κ1) is 51.3. The molecule has 0 bridgehead atoms. The van der Waals surface area contributed by atoms with E-state index in [1.54, 1.807) is 6.26 Å². The summed E-state index contributed by atoms with van der Waals surface area (Å²) in [4.78, 5) is 129. The van der Waals surface area contributed by atoms with Crippen molar-refractivity contribution in [3.8, 4) is 0 Å². The molecule has 1 heterocycles. The third-order valence-electron chi connectivity index (χ3n) is 8.40. The number of primary amides is 1. The number of carbonyl (C=O) groups excluding carboxylic acids is 9. The summed E-state index contributed by atoms with van der Waals surface area (Å²) in [5.41, 5.74) is 16.6. The van der Waals surface area contributed by atoms with Crippen LogP contribution >= 0.6 is 23.5 Å². The van der Waals surface area contributed by atoms with Gasteiger partial charge in [-0.15, -0.1) is 11.8 Å². The van der Waals surface area contributed by atoms with Gasteiger partial charge in [0.2, 0.25) is 53.2 Å². The Bertz CT molecular complexity index is 1470. The fourth-order valence-corrected chi connectivity index (χ4v) is 6.78. The van der Waals surface area contributed by atoms with Gasteiger partial charge in [-0.25, -0.2) is 4.79 Å². The van der Waals surface area contributed by atoms with Crippen molar-refractivity contribution >= 4 is 82.7 Å². The Hall–Kier alpha value is -4.68. The zero-order chi connectivity index (χ0) is 43.9. The van der Waals surface area contributed by atoms with Crippen LogP contribution in [0.3, 0.4) is 0 Å². The SMILES string of the molecule is CSCC[C@@H]1NC(=O)[C@H](CC(C)C)NC(=O)[C@H](C)NC(=O)CNC(=O)[C@H](CNC(=O)[C@@H](N)CCCCN)SC[C@@H](C(=O)N[C@@H](CC(N)=O)C(=O)O)NC(=O)CNC1=O. The van der Waals surface area contributed by atoms with E-state index in [1.807, 2.05) is 13.8 Å². The van der Waals surface area contributed by atoms with E-state index in [1.165, 1.54) is 18.7 Å². The third kappa shape index (κ3) is 20.1. The molecule has 1 aliphatic heterocycles. The van der Waals surface area contributed by atoms with Crippen molar-refractivity contribution in [2.75, 3.05) is 43.9 Å². The highest BCUT2D eigenvalue weighted by Gasteiger charge is 2.32. The van der Waals surface area contributed by atoms with E-state index >= 15 is 0 Å². The molecule has 0 aromatic carbocycles. The van der Waals surface area contributed by atoms with Gasteiger partial charge in [0.25, 0.3) is 0 Å². The van der Waals surface area contributed by atoms with Gasteiger partial charge in [-0.05, 0) is 57.1 Å². The van der Waals surface area contributed by atoms with E-state index in [0.717, 1.165) is 11.8 Å². The largest absolute Gasteiger partial charge is 0.480 e. The van der Waals surface area contributed by atoms with Gasteiger partial charge in [0, 0.05) is 12.3 Å². The molecule has 0 unspecified atom stereocenters. The van der Waals surface area contributed by atoms with Crippen LogP contribution in [0.4, 0.5) is 0 Å². The molecular weight excluding hydrogens is 803 g/mol. The lowest BCUT2D eigenvalue weighted by molar-refractivity contribution is -0.143. The molecule has 22 nitrogen and oxygen atoms in total. The topological polar surface area (TPSA) is 365 Å². The molecule has 7 atom stereocenters. The summed E-state index contributed by atoms with van der Waals surface area (Å²) >= 11 is 2.12. The molecule has 1 saturated heterocycles. The minimum absolute atomic E-state index is 0.0953. The fraction of sp³-hybridized carbons (Fsp3) is 0.706. The smallest absolute Gasteiger partial charge is 0.326 e. The lowest BCUT2D eigenvalue weighted by atomic mass is 10.0. The van der Waals surface area contributed by atoms with E-state index in [9.17, 15) is 53.1 Å². The predicted molar refractivity (Wildman–Crippen MR) is 215 cm³/mol. The molecule has 15 N–H and O–H groups in total. The van der Waals surface area contributed by atoms with Crippen LogP contribution in [0.5, 0.6) is 0 Å². The summed E-state index contributed by atoms with van der Waals surface area (Å²) in [6, 6.07) is -7.81. The molecule has 1 rings (SSSR count). The Balaban J connectivity index is 3.57. The van der Waals surface area contributed by atoms with Crippen LogP contribution in [0.1, 0.15) is 59.3 Å². The van der Waals surface area contributed by atoms with Crippen molar-refractivity contribution in [2.45, 2.75) is 101 Å². The number of unbranched alkanes of at least 4 members (excludes halogenated alkanes) is 1. The van der Waals surface area contributed by atoms with Gasteiger partial charge >= 0.3 is 5.97 Å². The number of nitrogens with two attached hydrogens (primary N) is 3. The van der Waals surface area contributed by atoms with E-state index in [-0.39, 0.29) is 25.3 Å². The van der Waals surface area contributed by atoms with Crippen molar-refractivity contribution in [3.05, 3.63) is 0 Å². The summed E-state index contributed by atoms with van der Waals surface area (Å²) in [5.74, 6) is -9.24. The number of thioether (sulfide) groups is 2. The maximum atomic E-state index is 13.5. The third-order valence-corrected chi connectivity index (χ3v) is 10.3. The van der Waals surface area contributed by atoms with Gasteiger partial charge in [0.15, 0.2) is 0 Å². The number of carbonyl (C=O) groups is 10. The number of aliphatic carboxylic acids is 1. The van der Waals surface area contributed by atoms with Crippen LogP contribution < -0.4 is 59.7 Å². The average Bonchev–Trinajstić information content (AvgIpc) is 3.15. The van der Waals surface area contributed by atoms with Crippen molar-refractivity contribution in [2.24, 2.45) is 23.1 Å². The van der Waals surface area contributed by atoms with Crippen molar-refractivity contribution in [1.29, 1.82) is 0 Å². The molecule has 1 fully saturated rings. The van der Waals surface area contributed by atoms with Crippen molar-refractivity contribution in [1.82, 2.24) is 42.5 Å². The zero-order valence-electron chi connectivity index (χ0n) is 33.2. The Morgan fingerprint density at radius 2 is 1.52 bits per heavy atom. The molecule has 24 heteroatoms. The van der Waals surface area contributed by atoms with E-state index in [0.29, 0.717) is 31.6 Å². The van der Waals surface area contributed by atoms with E-state index < -0.39 is 126 Å². The van der Waals surface area contributed by atoms with Gasteiger partial charge in [0.1, 0.15) is 35.5 Å². The molecule has 0 aromatic heterocycles. The summed E-state index contributed by atoms with van der Waals surface area (Å²) in [6.45, 7) is 3.63. The number of hydrogen-bond acceptors (Lipinski definition) is 14. The molecule has 0 aromatic rings. The number of carboxylic acid groups (broad SMARTS) is 1. The summed E-state index contributed by atoms with van der Waals surface area (Å²) in [7, 11) is 0. The van der Waals surface area contributed by atoms with Crippen LogP contribution in [0.15, 0.2) is 0 Å². The normalized spacial score (nSPS) is 23.0. The van der Waals surface area contributed by atoms with E-state index in [2.05, 4.69) is 42.5 Å². The molecule has 9 amide bonds. The highest BCUT2D eigenvalue weighted by Crippen LogP contribution is 2.14. The molecule has 58 heavy (non-hydrogen) atoms. The number of carboxylic acids is 1.